The van der Waals surface area contributed by atoms with Gasteiger partial charge in [-0.15, -0.1) is 0 Å². The number of sulfonamides is 1. The lowest BCUT2D eigenvalue weighted by atomic mass is 9.95. The van der Waals surface area contributed by atoms with Crippen LogP contribution in [0.3, 0.4) is 0 Å². The molecule has 1 N–H and O–H groups in total. The van der Waals surface area contributed by atoms with Crippen molar-refractivity contribution in [2.75, 3.05) is 10.8 Å². The van der Waals surface area contributed by atoms with Crippen LogP contribution in [0.1, 0.15) is 62.6 Å². The summed E-state index contributed by atoms with van der Waals surface area (Å²) in [5.41, 5.74) is 3.03. The molecule has 0 aliphatic heterocycles. The molecule has 0 radical (unpaired) electrons. The van der Waals surface area contributed by atoms with Crippen LogP contribution in [0.4, 0.5) is 5.69 Å². The molecule has 0 bridgehead atoms. The number of hydrogen-bond acceptors (Lipinski definition) is 4. The van der Waals surface area contributed by atoms with E-state index in [0.29, 0.717) is 12.1 Å². The first-order valence-corrected chi connectivity index (χ1v) is 16.8. The van der Waals surface area contributed by atoms with Crippen molar-refractivity contribution in [3.8, 4) is 0 Å². The fourth-order valence-corrected chi connectivity index (χ4v) is 7.29. The van der Waals surface area contributed by atoms with Crippen molar-refractivity contribution in [1.82, 2.24) is 10.2 Å². The first-order chi connectivity index (χ1) is 20.1. The number of nitrogens with zero attached hydrogens (tertiary/aromatic N) is 2. The zero-order valence-electron chi connectivity index (χ0n) is 24.6. The third-order valence-electron chi connectivity index (χ3n) is 7.89. The van der Waals surface area contributed by atoms with Crippen molar-refractivity contribution < 1.29 is 18.0 Å². The monoisotopic (exact) mass is 653 g/mol. The van der Waals surface area contributed by atoms with Crippen LogP contribution in [-0.4, -0.2) is 43.8 Å². The van der Waals surface area contributed by atoms with Crippen LogP contribution in [0.2, 0.25) is 0 Å². The summed E-state index contributed by atoms with van der Waals surface area (Å²) in [4.78, 5) is 29.3. The van der Waals surface area contributed by atoms with Crippen molar-refractivity contribution in [2.24, 2.45) is 0 Å². The summed E-state index contributed by atoms with van der Waals surface area (Å²) in [7, 11) is -4.10. The molecule has 1 aliphatic carbocycles. The van der Waals surface area contributed by atoms with E-state index in [2.05, 4.69) is 21.2 Å². The molecule has 0 saturated heterocycles. The van der Waals surface area contributed by atoms with Gasteiger partial charge in [0.1, 0.15) is 12.6 Å². The number of carbonyl (C=O) groups excluding carboxylic acids is 2. The van der Waals surface area contributed by atoms with Crippen LogP contribution in [0.5, 0.6) is 0 Å². The molecule has 1 atom stereocenters. The molecule has 2 amide bonds. The second-order valence-corrected chi connectivity index (χ2v) is 13.8. The van der Waals surface area contributed by atoms with Crippen molar-refractivity contribution in [3.05, 3.63) is 94.0 Å². The highest BCUT2D eigenvalue weighted by Gasteiger charge is 2.34. The maximum atomic E-state index is 14.2. The van der Waals surface area contributed by atoms with Gasteiger partial charge in [-0.25, -0.2) is 8.42 Å². The SMILES string of the molecule is CCc1ccccc1N(CC(=O)N(Cc1cccc(Br)c1)C(C)C(=O)NC1CCCCC1)S(=O)(=O)c1ccc(C)cc1. The summed E-state index contributed by atoms with van der Waals surface area (Å²) in [6.45, 7) is 5.28. The highest BCUT2D eigenvalue weighted by Crippen LogP contribution is 2.29. The normalized spacial score (nSPS) is 14.7. The van der Waals surface area contributed by atoms with Crippen LogP contribution in [0.15, 0.2) is 82.2 Å². The number of carbonyl (C=O) groups is 2. The largest absolute Gasteiger partial charge is 0.352 e. The van der Waals surface area contributed by atoms with Crippen LogP contribution < -0.4 is 9.62 Å². The van der Waals surface area contributed by atoms with E-state index in [1.165, 1.54) is 15.6 Å². The number of halogens is 1. The van der Waals surface area contributed by atoms with Gasteiger partial charge >= 0.3 is 0 Å². The molecule has 1 fully saturated rings. The number of para-hydroxylation sites is 1. The molecule has 0 spiro atoms. The molecule has 9 heteroatoms. The molecule has 0 aromatic heterocycles. The Bertz CT molecular complexity index is 1490. The summed E-state index contributed by atoms with van der Waals surface area (Å²) in [6.07, 6.45) is 5.75. The summed E-state index contributed by atoms with van der Waals surface area (Å²) >= 11 is 3.49. The molecule has 3 aromatic carbocycles. The standard InChI is InChI=1S/C33H40BrN3O4S/c1-4-27-12-8-9-16-31(27)37(42(40,41)30-19-17-24(2)18-20-30)23-32(38)36(22-26-11-10-13-28(34)21-26)25(3)33(39)35-29-14-6-5-7-15-29/h8-13,16-21,25,29H,4-7,14-15,22-23H2,1-3H3,(H,35,39). The highest BCUT2D eigenvalue weighted by atomic mass is 79.9. The van der Waals surface area contributed by atoms with Crippen LogP contribution >= 0.6 is 15.9 Å². The van der Waals surface area contributed by atoms with Gasteiger partial charge in [0.15, 0.2) is 0 Å². The number of nitrogens with one attached hydrogen (secondary N) is 1. The second kappa shape index (κ2) is 14.3. The predicted molar refractivity (Wildman–Crippen MR) is 171 cm³/mol. The number of hydrogen-bond donors (Lipinski definition) is 1. The number of aryl methyl sites for hydroxylation is 2. The molecule has 1 aliphatic rings. The second-order valence-electron chi connectivity index (χ2n) is 11.0. The number of amides is 2. The molecule has 0 heterocycles. The topological polar surface area (TPSA) is 86.8 Å². The maximum Gasteiger partial charge on any atom is 0.264 e. The van der Waals surface area contributed by atoms with Gasteiger partial charge in [-0.1, -0.05) is 90.1 Å². The Kier molecular flexibility index (Phi) is 10.8. The molecule has 4 rings (SSSR count). The quantitative estimate of drug-likeness (QED) is 0.260. The van der Waals surface area contributed by atoms with Crippen molar-refractivity contribution >= 4 is 43.5 Å². The first-order valence-electron chi connectivity index (χ1n) is 14.6. The average Bonchev–Trinajstić information content (AvgIpc) is 2.99. The van der Waals surface area contributed by atoms with Crippen LogP contribution in [0.25, 0.3) is 0 Å². The van der Waals surface area contributed by atoms with Crippen molar-refractivity contribution in [1.29, 1.82) is 0 Å². The minimum absolute atomic E-state index is 0.0892. The number of anilines is 1. The van der Waals surface area contributed by atoms with Gasteiger partial charge in [0.2, 0.25) is 11.8 Å². The minimum Gasteiger partial charge on any atom is -0.352 e. The molecule has 42 heavy (non-hydrogen) atoms. The Morgan fingerprint density at radius 2 is 1.67 bits per heavy atom. The molecular weight excluding hydrogens is 614 g/mol. The molecular formula is C33H40BrN3O4S. The van der Waals surface area contributed by atoms with E-state index in [-0.39, 0.29) is 23.4 Å². The van der Waals surface area contributed by atoms with E-state index >= 15 is 0 Å². The Morgan fingerprint density at radius 3 is 2.33 bits per heavy atom. The molecule has 1 unspecified atom stereocenters. The Morgan fingerprint density at radius 1 is 0.976 bits per heavy atom. The predicted octanol–water partition coefficient (Wildman–Crippen LogP) is 6.38. The van der Waals surface area contributed by atoms with Crippen LogP contribution in [0, 0.1) is 6.92 Å². The minimum atomic E-state index is -4.10. The van der Waals surface area contributed by atoms with Crippen molar-refractivity contribution in [3.63, 3.8) is 0 Å². The molecule has 224 valence electrons. The van der Waals surface area contributed by atoms with E-state index in [1.807, 2.05) is 50.2 Å². The summed E-state index contributed by atoms with van der Waals surface area (Å²) in [5.74, 6) is -0.685. The summed E-state index contributed by atoms with van der Waals surface area (Å²) < 4.78 is 30.3. The van der Waals surface area contributed by atoms with E-state index in [1.54, 1.807) is 43.3 Å². The van der Waals surface area contributed by atoms with Gasteiger partial charge in [0.05, 0.1) is 10.6 Å². The Balaban J connectivity index is 1.70. The molecule has 3 aromatic rings. The lowest BCUT2D eigenvalue weighted by molar-refractivity contribution is -0.139. The highest BCUT2D eigenvalue weighted by molar-refractivity contribution is 9.10. The first kappa shape index (κ1) is 31.8. The van der Waals surface area contributed by atoms with Crippen LogP contribution in [-0.2, 0) is 32.6 Å². The van der Waals surface area contributed by atoms with Gasteiger partial charge < -0.3 is 10.2 Å². The zero-order valence-corrected chi connectivity index (χ0v) is 27.0. The third-order valence-corrected chi connectivity index (χ3v) is 10.2. The van der Waals surface area contributed by atoms with E-state index < -0.39 is 28.5 Å². The van der Waals surface area contributed by atoms with E-state index in [9.17, 15) is 18.0 Å². The zero-order chi connectivity index (χ0) is 30.3. The number of benzene rings is 3. The average molecular weight is 655 g/mol. The van der Waals surface area contributed by atoms with E-state index in [4.69, 9.17) is 0 Å². The summed E-state index contributed by atoms with van der Waals surface area (Å²) in [5, 5.41) is 3.14. The van der Waals surface area contributed by atoms with Gasteiger partial charge in [0.25, 0.3) is 10.0 Å². The van der Waals surface area contributed by atoms with Gasteiger partial charge in [-0.3, -0.25) is 13.9 Å². The Labute approximate surface area is 258 Å². The lowest BCUT2D eigenvalue weighted by Gasteiger charge is -2.33. The maximum absolute atomic E-state index is 14.2. The summed E-state index contributed by atoms with van der Waals surface area (Å²) in [6, 6.07) is 20.7. The lowest BCUT2D eigenvalue weighted by Crippen LogP contribution is -2.53. The number of rotatable bonds is 11. The van der Waals surface area contributed by atoms with Gasteiger partial charge in [-0.2, -0.15) is 0 Å². The fourth-order valence-electron chi connectivity index (χ4n) is 5.39. The molecule has 7 nitrogen and oxygen atoms in total. The third kappa shape index (κ3) is 7.81. The van der Waals surface area contributed by atoms with Gasteiger partial charge in [-0.05, 0) is 74.6 Å². The van der Waals surface area contributed by atoms with Gasteiger partial charge in [0, 0.05) is 17.1 Å². The van der Waals surface area contributed by atoms with E-state index in [0.717, 1.165) is 46.8 Å². The Hall–Kier alpha value is -3.17. The fraction of sp³-hybridized carbons (Fsp3) is 0.394. The van der Waals surface area contributed by atoms with Crippen molar-refractivity contribution in [2.45, 2.75) is 82.8 Å². The smallest absolute Gasteiger partial charge is 0.264 e. The molecule has 1 saturated carbocycles.